The zero-order valence-corrected chi connectivity index (χ0v) is 18.0. The Kier molecular flexibility index (Phi) is 3.93. The fraction of sp³-hybridized carbons (Fsp3) is 0.370. The molecule has 1 N–H and O–H groups in total. The predicted octanol–water partition coefficient (Wildman–Crippen LogP) is 7.65. The molecular formula is C27H29NO. The second-order valence-corrected chi connectivity index (χ2v) is 9.26. The van der Waals surface area contributed by atoms with Gasteiger partial charge in [-0.2, -0.15) is 0 Å². The number of rotatable bonds is 2. The van der Waals surface area contributed by atoms with Crippen LogP contribution >= 0.6 is 0 Å². The lowest BCUT2D eigenvalue weighted by molar-refractivity contribution is 0.661. The van der Waals surface area contributed by atoms with Crippen molar-refractivity contribution in [2.45, 2.75) is 58.8 Å². The summed E-state index contributed by atoms with van der Waals surface area (Å²) in [6.07, 6.45) is 6.34. The number of fused-ring (bicyclic) bond motifs is 7. The van der Waals surface area contributed by atoms with E-state index in [4.69, 9.17) is 9.83 Å². The minimum atomic E-state index is 0.0288. The third-order valence-corrected chi connectivity index (χ3v) is 7.49. The number of hydrogen-bond acceptors (Lipinski definition) is 2. The van der Waals surface area contributed by atoms with Crippen molar-refractivity contribution in [3.63, 3.8) is 0 Å². The van der Waals surface area contributed by atoms with Gasteiger partial charge in [-0.25, -0.2) is 0 Å². The first kappa shape index (κ1) is 18.4. The fourth-order valence-electron chi connectivity index (χ4n) is 5.01. The third-order valence-electron chi connectivity index (χ3n) is 7.49. The van der Waals surface area contributed by atoms with Crippen LogP contribution in [0, 0.1) is 11.3 Å². The highest BCUT2D eigenvalue weighted by molar-refractivity contribution is 6.19. The van der Waals surface area contributed by atoms with E-state index in [0.29, 0.717) is 17.5 Å². The molecule has 0 amide bonds. The van der Waals surface area contributed by atoms with Gasteiger partial charge in [0.05, 0.1) is 5.71 Å². The van der Waals surface area contributed by atoms with Gasteiger partial charge in [0.1, 0.15) is 11.2 Å². The van der Waals surface area contributed by atoms with Crippen LogP contribution in [-0.4, -0.2) is 5.71 Å². The average molecular weight is 384 g/mol. The van der Waals surface area contributed by atoms with E-state index in [0.717, 1.165) is 40.3 Å². The molecule has 29 heavy (non-hydrogen) atoms. The lowest BCUT2D eigenvalue weighted by Gasteiger charge is -2.15. The molecule has 2 aliphatic rings. The van der Waals surface area contributed by atoms with Crippen LogP contribution in [-0.2, 0) is 5.41 Å². The maximum atomic E-state index is 8.89. The first-order valence-electron chi connectivity index (χ1n) is 10.8. The molecule has 2 aromatic carbocycles. The molecule has 1 fully saturated rings. The molecule has 2 nitrogen and oxygen atoms in total. The van der Waals surface area contributed by atoms with Crippen LogP contribution in [0.4, 0.5) is 0 Å². The third kappa shape index (κ3) is 2.58. The number of nitrogens with one attached hydrogen (secondary N) is 1. The fourth-order valence-corrected chi connectivity index (χ4v) is 5.01. The number of benzene rings is 2. The van der Waals surface area contributed by atoms with Gasteiger partial charge in [0.2, 0.25) is 0 Å². The molecule has 3 unspecified atom stereocenters. The number of furan rings is 1. The van der Waals surface area contributed by atoms with Gasteiger partial charge in [0, 0.05) is 21.8 Å². The first-order valence-corrected chi connectivity index (χ1v) is 10.8. The Bertz CT molecular complexity index is 1240. The summed E-state index contributed by atoms with van der Waals surface area (Å²) < 4.78 is 6.47. The van der Waals surface area contributed by atoms with Crippen molar-refractivity contribution in [1.29, 1.82) is 5.41 Å². The average Bonchev–Trinajstić information content (AvgIpc) is 3.27. The summed E-state index contributed by atoms with van der Waals surface area (Å²) in [6.45, 7) is 11.3. The molecule has 0 saturated heterocycles. The van der Waals surface area contributed by atoms with Gasteiger partial charge in [-0.1, -0.05) is 69.2 Å². The summed E-state index contributed by atoms with van der Waals surface area (Å²) in [5.74, 6) is 0.881. The predicted molar refractivity (Wildman–Crippen MR) is 122 cm³/mol. The van der Waals surface area contributed by atoms with Gasteiger partial charge >= 0.3 is 0 Å². The molecule has 1 saturated carbocycles. The van der Waals surface area contributed by atoms with E-state index in [1.54, 1.807) is 0 Å². The van der Waals surface area contributed by atoms with Crippen LogP contribution in [0.5, 0.6) is 0 Å². The molecule has 3 atom stereocenters. The molecule has 1 aromatic heterocycles. The molecule has 0 bridgehead atoms. The van der Waals surface area contributed by atoms with Crippen LogP contribution in [0.3, 0.4) is 0 Å². The number of hydrogen-bond donors (Lipinski definition) is 1. The quantitative estimate of drug-likeness (QED) is 0.453. The first-order chi connectivity index (χ1) is 13.8. The van der Waals surface area contributed by atoms with Crippen molar-refractivity contribution in [3.05, 3.63) is 70.3 Å². The van der Waals surface area contributed by atoms with E-state index in [9.17, 15) is 0 Å². The highest BCUT2D eigenvalue weighted by Gasteiger charge is 2.49. The van der Waals surface area contributed by atoms with Crippen molar-refractivity contribution in [3.8, 4) is 0 Å². The zero-order valence-electron chi connectivity index (χ0n) is 18.0. The van der Waals surface area contributed by atoms with Gasteiger partial charge in [-0.15, -0.1) is 0 Å². The maximum Gasteiger partial charge on any atom is 0.145 e. The van der Waals surface area contributed by atoms with Crippen LogP contribution in [0.15, 0.2) is 58.0 Å². The number of allylic oxidation sites excluding steroid dienone is 4. The Morgan fingerprint density at radius 3 is 2.72 bits per heavy atom. The lowest BCUT2D eigenvalue weighted by atomic mass is 9.88. The van der Waals surface area contributed by atoms with Crippen LogP contribution < -0.4 is 0 Å². The Morgan fingerprint density at radius 2 is 1.97 bits per heavy atom. The molecule has 0 spiro atoms. The Balaban J connectivity index is 1.81. The monoisotopic (exact) mass is 383 g/mol. The van der Waals surface area contributed by atoms with Gasteiger partial charge < -0.3 is 9.83 Å². The van der Waals surface area contributed by atoms with Gasteiger partial charge in [0.15, 0.2) is 0 Å². The van der Waals surface area contributed by atoms with Gasteiger partial charge in [-0.05, 0) is 54.9 Å². The highest BCUT2D eigenvalue weighted by Crippen LogP contribution is 2.58. The Morgan fingerprint density at radius 1 is 1.21 bits per heavy atom. The molecule has 0 aliphatic heterocycles. The van der Waals surface area contributed by atoms with Crippen LogP contribution in [0.25, 0.3) is 21.9 Å². The standard InChI is InChI=1S/C27H29NO/c1-6-15(2)18-8-9-19-20-10-11-21-25(26(20)29-24(19)13-18)23(28)12-7-16(3)17(4)22-14-27(21,22)5/h7-13,15-16,28H,6,14H2,1-5H3/b12-7-,22-17-,28-23?. The smallest absolute Gasteiger partial charge is 0.145 e. The molecular weight excluding hydrogens is 354 g/mol. The molecule has 2 aliphatic carbocycles. The topological polar surface area (TPSA) is 37.0 Å². The van der Waals surface area contributed by atoms with Crippen molar-refractivity contribution >= 4 is 27.7 Å². The molecule has 2 heteroatoms. The SMILES string of the molecule is CCC(C)c1ccc2c(c1)oc1c3c(ccc12)C1(C)C/C1=C(\C)C(C)/C=C\C3=N. The van der Waals surface area contributed by atoms with E-state index in [1.165, 1.54) is 22.3 Å². The van der Waals surface area contributed by atoms with Crippen LogP contribution in [0.1, 0.15) is 70.1 Å². The molecule has 5 rings (SSSR count). The van der Waals surface area contributed by atoms with Crippen molar-refractivity contribution in [2.24, 2.45) is 5.92 Å². The summed E-state index contributed by atoms with van der Waals surface area (Å²) in [6, 6.07) is 11.1. The zero-order chi connectivity index (χ0) is 20.5. The summed E-state index contributed by atoms with van der Waals surface area (Å²) >= 11 is 0. The van der Waals surface area contributed by atoms with Crippen molar-refractivity contribution < 1.29 is 4.42 Å². The van der Waals surface area contributed by atoms with E-state index in [1.807, 2.05) is 6.08 Å². The largest absolute Gasteiger partial charge is 0.455 e. The van der Waals surface area contributed by atoms with Crippen molar-refractivity contribution in [2.75, 3.05) is 0 Å². The molecule has 1 heterocycles. The minimum absolute atomic E-state index is 0.0288. The second kappa shape index (κ2) is 6.19. The molecule has 3 aromatic rings. The second-order valence-electron chi connectivity index (χ2n) is 9.26. The summed E-state index contributed by atoms with van der Waals surface area (Å²) in [7, 11) is 0. The van der Waals surface area contributed by atoms with Crippen molar-refractivity contribution in [1.82, 2.24) is 0 Å². The lowest BCUT2D eigenvalue weighted by Crippen LogP contribution is -2.09. The van der Waals surface area contributed by atoms with E-state index < -0.39 is 0 Å². The highest BCUT2D eigenvalue weighted by atomic mass is 16.3. The van der Waals surface area contributed by atoms with Gasteiger partial charge in [0.25, 0.3) is 0 Å². The normalized spacial score (nSPS) is 28.4. The van der Waals surface area contributed by atoms with E-state index in [2.05, 4.69) is 71.0 Å². The molecule has 0 radical (unpaired) electrons. The summed E-state index contributed by atoms with van der Waals surface area (Å²) in [4.78, 5) is 0. The minimum Gasteiger partial charge on any atom is -0.455 e. The Hall–Kier alpha value is -2.61. The summed E-state index contributed by atoms with van der Waals surface area (Å²) in [5.41, 5.74) is 8.90. The maximum absolute atomic E-state index is 8.89. The Labute approximate surface area is 172 Å². The van der Waals surface area contributed by atoms with E-state index in [-0.39, 0.29) is 5.41 Å². The molecule has 148 valence electrons. The summed E-state index contributed by atoms with van der Waals surface area (Å²) in [5, 5.41) is 11.1. The van der Waals surface area contributed by atoms with E-state index >= 15 is 0 Å². The van der Waals surface area contributed by atoms with Gasteiger partial charge in [-0.3, -0.25) is 0 Å². The van der Waals surface area contributed by atoms with Crippen LogP contribution in [0.2, 0.25) is 0 Å².